The summed E-state index contributed by atoms with van der Waals surface area (Å²) in [4.78, 5) is 12.4. The Morgan fingerprint density at radius 3 is 2.48 bits per heavy atom. The summed E-state index contributed by atoms with van der Waals surface area (Å²) in [6, 6.07) is 20.9. The van der Waals surface area contributed by atoms with Gasteiger partial charge in [0.15, 0.2) is 0 Å². The van der Waals surface area contributed by atoms with Crippen LogP contribution in [0.15, 0.2) is 96.6 Å². The molecule has 0 saturated heterocycles. The standard InChI is InChI=1S/C23H20N4O2/c1-29-22-9-7-20(8-10-22)27-14-11-18(17-27)16-24-25-23(28)19-5-4-6-21(15-19)26-12-2-3-13-26/h2-17H,1H3,(H,25,28)/b24-16+. The molecule has 2 aromatic carbocycles. The molecule has 4 rings (SSSR count). The molecule has 4 aromatic rings. The van der Waals surface area contributed by atoms with Crippen molar-refractivity contribution in [2.45, 2.75) is 0 Å². The number of carbonyl (C=O) groups excluding carboxylic acids is 1. The minimum atomic E-state index is -0.259. The van der Waals surface area contributed by atoms with E-state index in [0.29, 0.717) is 5.56 Å². The Kier molecular flexibility index (Phi) is 5.25. The van der Waals surface area contributed by atoms with Gasteiger partial charge in [-0.05, 0) is 60.7 Å². The maximum Gasteiger partial charge on any atom is 0.271 e. The molecule has 0 aliphatic rings. The molecule has 0 aliphatic carbocycles. The first-order valence-electron chi connectivity index (χ1n) is 9.12. The fourth-order valence-corrected chi connectivity index (χ4v) is 2.95. The number of ether oxygens (including phenoxy) is 1. The van der Waals surface area contributed by atoms with Crippen LogP contribution in [0, 0.1) is 0 Å². The van der Waals surface area contributed by atoms with Gasteiger partial charge in [0, 0.05) is 47.3 Å². The van der Waals surface area contributed by atoms with Crippen molar-refractivity contribution in [3.8, 4) is 17.1 Å². The number of rotatable bonds is 6. The molecule has 0 radical (unpaired) electrons. The number of hydrogen-bond donors (Lipinski definition) is 1. The molecule has 0 saturated carbocycles. The van der Waals surface area contributed by atoms with Gasteiger partial charge < -0.3 is 13.9 Å². The maximum atomic E-state index is 12.4. The van der Waals surface area contributed by atoms with Gasteiger partial charge in [-0.1, -0.05) is 6.07 Å². The van der Waals surface area contributed by atoms with Crippen LogP contribution in [0.3, 0.4) is 0 Å². The van der Waals surface area contributed by atoms with Gasteiger partial charge >= 0.3 is 0 Å². The van der Waals surface area contributed by atoms with Crippen molar-refractivity contribution in [1.29, 1.82) is 0 Å². The van der Waals surface area contributed by atoms with Gasteiger partial charge in [0.25, 0.3) is 5.91 Å². The Hall–Kier alpha value is -4.06. The zero-order valence-electron chi connectivity index (χ0n) is 15.9. The van der Waals surface area contributed by atoms with E-state index in [1.165, 1.54) is 0 Å². The molecule has 29 heavy (non-hydrogen) atoms. The van der Waals surface area contributed by atoms with Crippen molar-refractivity contribution in [2.24, 2.45) is 5.10 Å². The van der Waals surface area contributed by atoms with Crippen molar-refractivity contribution in [3.05, 3.63) is 103 Å². The Morgan fingerprint density at radius 1 is 0.931 bits per heavy atom. The fraction of sp³-hybridized carbons (Fsp3) is 0.0435. The maximum absolute atomic E-state index is 12.4. The van der Waals surface area contributed by atoms with Gasteiger partial charge in [0.2, 0.25) is 0 Å². The molecular weight excluding hydrogens is 364 g/mol. The summed E-state index contributed by atoms with van der Waals surface area (Å²) in [5, 5.41) is 4.08. The van der Waals surface area contributed by atoms with Crippen LogP contribution in [0.4, 0.5) is 0 Å². The van der Waals surface area contributed by atoms with E-state index in [-0.39, 0.29) is 5.91 Å². The third-order valence-electron chi connectivity index (χ3n) is 4.48. The highest BCUT2D eigenvalue weighted by molar-refractivity contribution is 5.95. The van der Waals surface area contributed by atoms with Crippen LogP contribution in [-0.4, -0.2) is 28.4 Å². The first kappa shape index (κ1) is 18.3. The number of nitrogens with one attached hydrogen (secondary N) is 1. The van der Waals surface area contributed by atoms with Crippen LogP contribution in [0.2, 0.25) is 0 Å². The molecule has 1 amide bonds. The minimum absolute atomic E-state index is 0.259. The van der Waals surface area contributed by atoms with E-state index < -0.39 is 0 Å². The number of amides is 1. The third kappa shape index (κ3) is 4.27. The van der Waals surface area contributed by atoms with Gasteiger partial charge in [-0.3, -0.25) is 4.79 Å². The van der Waals surface area contributed by atoms with Gasteiger partial charge in [-0.2, -0.15) is 5.10 Å². The Labute approximate surface area is 168 Å². The lowest BCUT2D eigenvalue weighted by molar-refractivity contribution is 0.0955. The predicted octanol–water partition coefficient (Wildman–Crippen LogP) is 4.04. The third-order valence-corrected chi connectivity index (χ3v) is 4.48. The number of nitrogens with zero attached hydrogens (tertiary/aromatic N) is 3. The molecule has 6 heteroatoms. The van der Waals surface area contributed by atoms with Gasteiger partial charge in [-0.15, -0.1) is 0 Å². The minimum Gasteiger partial charge on any atom is -0.497 e. The van der Waals surface area contributed by atoms with Gasteiger partial charge in [0.05, 0.1) is 13.3 Å². The quantitative estimate of drug-likeness (QED) is 0.403. The molecule has 0 atom stereocenters. The van der Waals surface area contributed by atoms with Crippen LogP contribution in [0.1, 0.15) is 15.9 Å². The lowest BCUT2D eigenvalue weighted by Gasteiger charge is -2.05. The molecule has 2 aromatic heterocycles. The highest BCUT2D eigenvalue weighted by atomic mass is 16.5. The molecule has 0 unspecified atom stereocenters. The highest BCUT2D eigenvalue weighted by Crippen LogP contribution is 2.16. The Balaban J connectivity index is 1.41. The molecule has 0 spiro atoms. The first-order chi connectivity index (χ1) is 14.2. The van der Waals surface area contributed by atoms with Crippen LogP contribution in [0.25, 0.3) is 11.4 Å². The largest absolute Gasteiger partial charge is 0.497 e. The van der Waals surface area contributed by atoms with E-state index in [4.69, 9.17) is 4.74 Å². The average Bonchev–Trinajstić information content (AvgIpc) is 3.46. The SMILES string of the molecule is COc1ccc(-n2ccc(/C=N/NC(=O)c3cccc(-n4cccc4)c3)c2)cc1. The normalized spacial score (nSPS) is 10.9. The summed E-state index contributed by atoms with van der Waals surface area (Å²) in [5.41, 5.74) is 5.93. The average molecular weight is 384 g/mol. The van der Waals surface area contributed by atoms with Crippen molar-refractivity contribution in [3.63, 3.8) is 0 Å². The van der Waals surface area contributed by atoms with Crippen LogP contribution in [-0.2, 0) is 0 Å². The van der Waals surface area contributed by atoms with Crippen LogP contribution < -0.4 is 10.2 Å². The Morgan fingerprint density at radius 2 is 1.72 bits per heavy atom. The zero-order valence-corrected chi connectivity index (χ0v) is 15.9. The molecule has 6 nitrogen and oxygen atoms in total. The summed E-state index contributed by atoms with van der Waals surface area (Å²) in [7, 11) is 1.64. The Bertz CT molecular complexity index is 1130. The molecule has 0 bridgehead atoms. The number of hydrogen-bond acceptors (Lipinski definition) is 3. The summed E-state index contributed by atoms with van der Waals surface area (Å²) in [5.74, 6) is 0.552. The van der Waals surface area contributed by atoms with Gasteiger partial charge in [0.1, 0.15) is 5.75 Å². The highest BCUT2D eigenvalue weighted by Gasteiger charge is 2.06. The van der Waals surface area contributed by atoms with Gasteiger partial charge in [-0.25, -0.2) is 5.43 Å². The number of methoxy groups -OCH3 is 1. The van der Waals surface area contributed by atoms with E-state index in [1.807, 2.05) is 94.6 Å². The molecule has 2 heterocycles. The van der Waals surface area contributed by atoms with Crippen molar-refractivity contribution >= 4 is 12.1 Å². The van der Waals surface area contributed by atoms with E-state index in [0.717, 1.165) is 22.7 Å². The van der Waals surface area contributed by atoms with Crippen molar-refractivity contribution < 1.29 is 9.53 Å². The second kappa shape index (κ2) is 8.31. The number of benzene rings is 2. The van der Waals surface area contributed by atoms with E-state index in [9.17, 15) is 4.79 Å². The van der Waals surface area contributed by atoms with E-state index in [1.54, 1.807) is 19.4 Å². The lowest BCUT2D eigenvalue weighted by Crippen LogP contribution is -2.17. The smallest absolute Gasteiger partial charge is 0.271 e. The van der Waals surface area contributed by atoms with Crippen LogP contribution in [0.5, 0.6) is 5.75 Å². The summed E-state index contributed by atoms with van der Waals surface area (Å²) < 4.78 is 9.10. The second-order valence-electron chi connectivity index (χ2n) is 6.39. The zero-order chi connectivity index (χ0) is 20.1. The summed E-state index contributed by atoms with van der Waals surface area (Å²) in [6.45, 7) is 0. The predicted molar refractivity (Wildman–Crippen MR) is 113 cm³/mol. The van der Waals surface area contributed by atoms with Crippen molar-refractivity contribution in [1.82, 2.24) is 14.6 Å². The summed E-state index contributed by atoms with van der Waals surface area (Å²) >= 11 is 0. The molecule has 1 N–H and O–H groups in total. The van der Waals surface area contributed by atoms with Crippen LogP contribution >= 0.6 is 0 Å². The second-order valence-corrected chi connectivity index (χ2v) is 6.39. The molecule has 144 valence electrons. The monoisotopic (exact) mass is 384 g/mol. The lowest BCUT2D eigenvalue weighted by atomic mass is 10.2. The van der Waals surface area contributed by atoms with E-state index >= 15 is 0 Å². The molecule has 0 aliphatic heterocycles. The number of hydrazone groups is 1. The number of aromatic nitrogens is 2. The molecular formula is C23H20N4O2. The number of carbonyl (C=O) groups is 1. The topological polar surface area (TPSA) is 60.5 Å². The van der Waals surface area contributed by atoms with E-state index in [2.05, 4.69) is 10.5 Å². The fourth-order valence-electron chi connectivity index (χ4n) is 2.95. The van der Waals surface area contributed by atoms with Crippen molar-refractivity contribution in [2.75, 3.05) is 7.11 Å². The molecule has 0 fully saturated rings. The first-order valence-corrected chi connectivity index (χ1v) is 9.12. The summed E-state index contributed by atoms with van der Waals surface area (Å²) in [6.07, 6.45) is 9.36.